The average Bonchev–Trinajstić information content (AvgIpc) is 4.02. The van der Waals surface area contributed by atoms with Crippen molar-refractivity contribution < 1.29 is 38.6 Å². The number of benzene rings is 8. The molecule has 4 aliphatic heterocycles. The lowest BCUT2D eigenvalue weighted by molar-refractivity contribution is 0.0214. The molecule has 0 amide bonds. The van der Waals surface area contributed by atoms with E-state index in [1.54, 1.807) is 24.3 Å². The fraction of sp³-hybridized carbons (Fsp3) is 0.194. The molecule has 4 heterocycles. The molecule has 0 fully saturated rings. The monoisotopic (exact) mass is 1200 g/mol. The van der Waals surface area contributed by atoms with Gasteiger partial charge < -0.3 is 38.8 Å². The molecule has 4 aliphatic rings. The number of rotatable bonds is 8. The van der Waals surface area contributed by atoms with Crippen LogP contribution in [0.15, 0.2) is 171 Å². The Morgan fingerprint density at radius 1 is 0.447 bits per heavy atom. The summed E-state index contributed by atoms with van der Waals surface area (Å²) < 4.78 is 28.6. The lowest BCUT2D eigenvalue weighted by Gasteiger charge is -2.39. The average molecular weight is 1210 g/mol. The Kier molecular flexibility index (Phi) is 14.8. The van der Waals surface area contributed by atoms with Crippen LogP contribution in [0.4, 0.5) is 11.4 Å². The van der Waals surface area contributed by atoms with Gasteiger partial charge in [0.05, 0.1) is 30.2 Å². The zero-order valence-corrected chi connectivity index (χ0v) is 47.5. The van der Waals surface area contributed by atoms with E-state index in [1.165, 1.54) is 0 Å². The molecule has 2 unspecified atom stereocenters. The number of fused-ring (bicyclic) bond motifs is 12. The first-order chi connectivity index (χ1) is 36.7. The van der Waals surface area contributed by atoms with Crippen LogP contribution in [0.3, 0.4) is 0 Å². The smallest absolute Gasteiger partial charge is 0.454 e. The van der Waals surface area contributed by atoms with E-state index in [-0.39, 0.29) is 11.9 Å². The molecular formula is C62H54BBr3N2O8. The van der Waals surface area contributed by atoms with Gasteiger partial charge in [0.15, 0.2) is 17.0 Å². The van der Waals surface area contributed by atoms with Crippen molar-refractivity contribution >= 4 is 83.7 Å². The number of carbonyl (C=O) groups is 2. The third kappa shape index (κ3) is 8.62. The Labute approximate surface area is 468 Å². The van der Waals surface area contributed by atoms with Crippen molar-refractivity contribution in [1.29, 1.82) is 0 Å². The van der Waals surface area contributed by atoms with E-state index >= 15 is 0 Å². The van der Waals surface area contributed by atoms with Gasteiger partial charge in [-0.05, 0) is 148 Å². The van der Waals surface area contributed by atoms with Crippen molar-refractivity contribution in [3.63, 3.8) is 0 Å². The van der Waals surface area contributed by atoms with Gasteiger partial charge in [-0.15, -0.1) is 0 Å². The summed E-state index contributed by atoms with van der Waals surface area (Å²) in [6.45, 7) is 16.1. The first kappa shape index (κ1) is 52.8. The molecule has 10 nitrogen and oxygen atoms in total. The van der Waals surface area contributed by atoms with Gasteiger partial charge in [-0.3, -0.25) is 0 Å². The molecule has 2 spiro atoms. The molecule has 0 aromatic heterocycles. The van der Waals surface area contributed by atoms with Crippen LogP contribution >= 0.6 is 47.8 Å². The maximum Gasteiger partial charge on any atom is 0.488 e. The molecule has 0 saturated carbocycles. The maximum absolute atomic E-state index is 13.3. The van der Waals surface area contributed by atoms with Crippen molar-refractivity contribution in [2.75, 3.05) is 36.0 Å². The minimum atomic E-state index is -1.34. The normalized spacial score (nSPS) is 16.6. The van der Waals surface area contributed by atoms with Crippen LogP contribution in [0.25, 0.3) is 11.1 Å². The quantitative estimate of drug-likeness (QED) is 0.112. The number of aryl methyl sites for hydroxylation is 2. The summed E-state index contributed by atoms with van der Waals surface area (Å²) in [7, 11) is -1.34. The van der Waals surface area contributed by atoms with Crippen molar-refractivity contribution in [2.24, 2.45) is 0 Å². The number of esters is 2. The first-order valence-corrected chi connectivity index (χ1v) is 27.7. The fourth-order valence-electron chi connectivity index (χ4n) is 10.8. The summed E-state index contributed by atoms with van der Waals surface area (Å²) in [5.41, 5.74) is 10.8. The van der Waals surface area contributed by atoms with E-state index in [9.17, 15) is 9.59 Å². The van der Waals surface area contributed by atoms with E-state index in [2.05, 4.69) is 116 Å². The van der Waals surface area contributed by atoms with Crippen LogP contribution in [0.1, 0.15) is 92.9 Å². The SMILES string of the molecule is CCN(CC)c1ccc2c(c1-c1ccccc1)Oc1c(ccc(C)c1Br)C21OC(=O)c2ccccc21.CCN(CC)c1ccc2c(c1Br)Oc1c(ccc(C)c1Br)C21OC(=O)c2ccccc21.OB(O)c1ccccc1. The van der Waals surface area contributed by atoms with Crippen LogP contribution in [-0.2, 0) is 20.7 Å². The second-order valence-electron chi connectivity index (χ2n) is 18.7. The molecule has 0 radical (unpaired) electrons. The van der Waals surface area contributed by atoms with Gasteiger partial charge in [-0.1, -0.05) is 121 Å². The molecule has 2 atom stereocenters. The van der Waals surface area contributed by atoms with E-state index in [1.807, 2.05) is 117 Å². The van der Waals surface area contributed by atoms with Crippen molar-refractivity contribution in [1.82, 2.24) is 0 Å². The summed E-state index contributed by atoms with van der Waals surface area (Å²) in [6.07, 6.45) is 0. The van der Waals surface area contributed by atoms with Crippen LogP contribution in [0.5, 0.6) is 23.0 Å². The zero-order chi connectivity index (χ0) is 53.6. The second kappa shape index (κ2) is 21.4. The molecule has 2 N–H and O–H groups in total. The first-order valence-electron chi connectivity index (χ1n) is 25.3. The Bertz CT molecular complexity index is 3550. The molecule has 0 bridgehead atoms. The lowest BCUT2D eigenvalue weighted by Crippen LogP contribution is -2.34. The van der Waals surface area contributed by atoms with Crippen LogP contribution in [0, 0.1) is 13.8 Å². The molecule has 8 aromatic carbocycles. The van der Waals surface area contributed by atoms with Gasteiger partial charge in [0, 0.05) is 70.8 Å². The van der Waals surface area contributed by atoms with Crippen molar-refractivity contribution in [3.05, 3.63) is 227 Å². The van der Waals surface area contributed by atoms with E-state index < -0.39 is 18.3 Å². The molecule has 0 aliphatic carbocycles. The highest BCUT2D eigenvalue weighted by molar-refractivity contribution is 9.11. The van der Waals surface area contributed by atoms with Gasteiger partial charge in [0.2, 0.25) is 0 Å². The summed E-state index contributed by atoms with van der Waals surface area (Å²) in [6, 6.07) is 50.6. The standard InChI is InChI=1S/C31H26BrNO3.C25H21Br2NO3.C6H7BO2/c1-4-33(5-2)25-18-17-23-28(26(25)20-11-7-6-8-12-20)35-29-24(16-15-19(3)27(29)32)31(23)22-14-10-9-13-21(22)30(34)36-31;1-4-28(5-2)19-13-12-18-23(21(19)27)30-22-17(11-10-14(3)20(22)26)25(18)16-9-7-6-8-15(16)24(29)31-25;8-7(9)6-4-2-1-3-5-6/h6-18H,4-5H2,1-3H3;6-13H,4-5H2,1-3H3;1-5,8-9H. The van der Waals surface area contributed by atoms with E-state index in [0.29, 0.717) is 39.6 Å². The molecule has 0 saturated heterocycles. The largest absolute Gasteiger partial charge is 0.488 e. The van der Waals surface area contributed by atoms with Gasteiger partial charge >= 0.3 is 19.1 Å². The molecule has 384 valence electrons. The van der Waals surface area contributed by atoms with Crippen LogP contribution in [-0.4, -0.2) is 55.3 Å². The number of hydrogen-bond donors (Lipinski definition) is 2. The molecule has 76 heavy (non-hydrogen) atoms. The van der Waals surface area contributed by atoms with Gasteiger partial charge in [-0.25, -0.2) is 9.59 Å². The zero-order valence-electron chi connectivity index (χ0n) is 42.8. The molecular weight excluding hydrogens is 1150 g/mol. The Morgan fingerprint density at radius 3 is 1.29 bits per heavy atom. The second-order valence-corrected chi connectivity index (χ2v) is 21.1. The summed E-state index contributed by atoms with van der Waals surface area (Å²) in [5, 5.41) is 17.2. The third-order valence-electron chi connectivity index (χ3n) is 14.6. The Morgan fingerprint density at radius 2 is 0.829 bits per heavy atom. The summed E-state index contributed by atoms with van der Waals surface area (Å²) in [4.78, 5) is 30.8. The minimum Gasteiger partial charge on any atom is -0.454 e. The summed E-state index contributed by atoms with van der Waals surface area (Å²) in [5.74, 6) is 2.10. The third-order valence-corrected chi connectivity index (χ3v) is 17.4. The topological polar surface area (TPSA) is 118 Å². The molecule has 8 aromatic rings. The van der Waals surface area contributed by atoms with Crippen LogP contribution < -0.4 is 24.7 Å². The fourth-order valence-corrected chi connectivity index (χ4v) is 12.3. The number of ether oxygens (including phenoxy) is 4. The van der Waals surface area contributed by atoms with Crippen molar-refractivity contribution in [3.8, 4) is 34.1 Å². The number of halogens is 3. The number of anilines is 2. The van der Waals surface area contributed by atoms with Gasteiger partial charge in [0.25, 0.3) is 0 Å². The Hall–Kier alpha value is -6.68. The molecule has 12 rings (SSSR count). The van der Waals surface area contributed by atoms with Crippen molar-refractivity contribution in [2.45, 2.75) is 52.7 Å². The lowest BCUT2D eigenvalue weighted by atomic mass is 9.76. The summed E-state index contributed by atoms with van der Waals surface area (Å²) >= 11 is 11.3. The number of carbonyl (C=O) groups excluding carboxylic acids is 2. The maximum atomic E-state index is 13.3. The highest BCUT2D eigenvalue weighted by Crippen LogP contribution is 2.62. The number of hydrogen-bond acceptors (Lipinski definition) is 10. The highest BCUT2D eigenvalue weighted by atomic mass is 79.9. The molecule has 14 heteroatoms. The predicted molar refractivity (Wildman–Crippen MR) is 311 cm³/mol. The van der Waals surface area contributed by atoms with Crippen LogP contribution in [0.2, 0.25) is 0 Å². The minimum absolute atomic E-state index is 0.324. The van der Waals surface area contributed by atoms with E-state index in [4.69, 9.17) is 29.0 Å². The van der Waals surface area contributed by atoms with Gasteiger partial charge in [0.1, 0.15) is 17.2 Å². The predicted octanol–water partition coefficient (Wildman–Crippen LogP) is 14.1. The Balaban J connectivity index is 0.000000150. The highest BCUT2D eigenvalue weighted by Gasteiger charge is 2.56. The number of nitrogens with zero attached hydrogens (tertiary/aromatic N) is 2. The van der Waals surface area contributed by atoms with E-state index in [0.717, 1.165) is 107 Å². The van der Waals surface area contributed by atoms with Gasteiger partial charge in [-0.2, -0.15) is 0 Å².